The Morgan fingerprint density at radius 1 is 1.03 bits per heavy atom. The third-order valence-corrected chi connectivity index (χ3v) is 7.71. The van der Waals surface area contributed by atoms with Gasteiger partial charge in [-0.15, -0.1) is 0 Å². The number of amides is 1. The monoisotopic (exact) mass is 488 g/mol. The van der Waals surface area contributed by atoms with Gasteiger partial charge in [-0.05, 0) is 92.8 Å². The Balaban J connectivity index is 1.56. The van der Waals surface area contributed by atoms with Gasteiger partial charge in [0.05, 0.1) is 11.4 Å². The molecule has 0 aliphatic heterocycles. The van der Waals surface area contributed by atoms with Crippen LogP contribution in [0, 0.1) is 5.92 Å². The molecule has 6 heteroatoms. The van der Waals surface area contributed by atoms with Gasteiger partial charge in [0.15, 0.2) is 5.69 Å². The van der Waals surface area contributed by atoms with Crippen LogP contribution < -0.4 is 5.32 Å². The number of pyridine rings is 1. The van der Waals surface area contributed by atoms with Crippen molar-refractivity contribution in [1.82, 2.24) is 20.1 Å². The largest absolute Gasteiger partial charge is 0.348 e. The summed E-state index contributed by atoms with van der Waals surface area (Å²) in [4.78, 5) is 17.8. The van der Waals surface area contributed by atoms with E-state index in [4.69, 9.17) is 16.7 Å². The quantitative estimate of drug-likeness (QED) is 0.398. The number of nitrogens with zero attached hydrogens (tertiary/aromatic N) is 3. The molecule has 5 rings (SSSR count). The number of halogens is 1. The predicted octanol–water partition coefficient (Wildman–Crippen LogP) is 6.89. The zero-order valence-electron chi connectivity index (χ0n) is 20.3. The lowest BCUT2D eigenvalue weighted by atomic mass is 9.84. The van der Waals surface area contributed by atoms with Gasteiger partial charge < -0.3 is 5.32 Å². The third-order valence-electron chi connectivity index (χ3n) is 7.46. The molecule has 1 amide bonds. The zero-order chi connectivity index (χ0) is 24.2. The first kappa shape index (κ1) is 23.8. The highest BCUT2D eigenvalue weighted by atomic mass is 35.5. The molecule has 1 atom stereocenters. The number of carbonyl (C=O) groups is 1. The van der Waals surface area contributed by atoms with Crippen molar-refractivity contribution in [3.63, 3.8) is 0 Å². The summed E-state index contributed by atoms with van der Waals surface area (Å²) in [5.74, 6) is 0.494. The lowest BCUT2D eigenvalue weighted by Crippen LogP contribution is -2.39. The van der Waals surface area contributed by atoms with E-state index in [1.165, 1.54) is 37.7 Å². The SMILES string of the molecule is C[C@@H](NC(=O)c1nn(-c2ccncc2)c2c1CCCCC2=Cc1ccc(Cl)cc1)C1CCCCC1. The van der Waals surface area contributed by atoms with Crippen LogP contribution in [-0.2, 0) is 6.42 Å². The Morgan fingerprint density at radius 3 is 2.49 bits per heavy atom. The standard InChI is InChI=1S/C29H33ClN4O/c1-20(22-7-3-2-4-8-22)32-29(35)27-26-10-6-5-9-23(19-21-11-13-24(30)14-12-21)28(26)34(33-27)25-15-17-31-18-16-25/h11-20,22H,2-10H2,1H3,(H,32,35)/t20-/m1/s1. The number of hydrogen-bond acceptors (Lipinski definition) is 3. The molecule has 0 radical (unpaired) electrons. The van der Waals surface area contributed by atoms with Gasteiger partial charge in [-0.1, -0.05) is 43.0 Å². The summed E-state index contributed by atoms with van der Waals surface area (Å²) in [6, 6.07) is 11.9. The lowest BCUT2D eigenvalue weighted by Gasteiger charge is -2.28. The molecule has 2 aromatic heterocycles. The zero-order valence-corrected chi connectivity index (χ0v) is 21.1. The van der Waals surface area contributed by atoms with Gasteiger partial charge >= 0.3 is 0 Å². The minimum absolute atomic E-state index is 0.0557. The van der Waals surface area contributed by atoms with E-state index >= 15 is 0 Å². The summed E-state index contributed by atoms with van der Waals surface area (Å²) >= 11 is 6.12. The fourth-order valence-electron chi connectivity index (χ4n) is 5.54. The molecule has 2 heterocycles. The first-order valence-corrected chi connectivity index (χ1v) is 13.3. The van der Waals surface area contributed by atoms with Crippen molar-refractivity contribution in [1.29, 1.82) is 0 Å². The van der Waals surface area contributed by atoms with Crippen LogP contribution in [0.4, 0.5) is 0 Å². The lowest BCUT2D eigenvalue weighted by molar-refractivity contribution is 0.0913. The number of hydrogen-bond donors (Lipinski definition) is 1. The number of aromatic nitrogens is 3. The summed E-state index contributed by atoms with van der Waals surface area (Å²) in [6.45, 7) is 2.15. The first-order chi connectivity index (χ1) is 17.1. The fraction of sp³-hybridized carbons (Fsp3) is 0.414. The van der Waals surface area contributed by atoms with Crippen molar-refractivity contribution >= 4 is 29.2 Å². The molecular formula is C29H33ClN4O. The van der Waals surface area contributed by atoms with Crippen molar-refractivity contribution in [2.24, 2.45) is 5.92 Å². The maximum absolute atomic E-state index is 13.6. The average molecular weight is 489 g/mol. The molecule has 5 nitrogen and oxygen atoms in total. The first-order valence-electron chi connectivity index (χ1n) is 12.9. The molecule has 1 aromatic carbocycles. The van der Waals surface area contributed by atoms with Crippen molar-refractivity contribution in [2.45, 2.75) is 70.8 Å². The van der Waals surface area contributed by atoms with Crippen molar-refractivity contribution < 1.29 is 4.79 Å². The van der Waals surface area contributed by atoms with Gasteiger partial charge in [0.25, 0.3) is 5.91 Å². The molecule has 2 aliphatic carbocycles. The number of benzene rings is 1. The maximum Gasteiger partial charge on any atom is 0.272 e. The summed E-state index contributed by atoms with van der Waals surface area (Å²) in [5.41, 5.74) is 5.86. The minimum Gasteiger partial charge on any atom is -0.348 e. The number of fused-ring (bicyclic) bond motifs is 1. The van der Waals surface area contributed by atoms with Gasteiger partial charge in [-0.3, -0.25) is 9.78 Å². The summed E-state index contributed by atoms with van der Waals surface area (Å²) < 4.78 is 1.95. The summed E-state index contributed by atoms with van der Waals surface area (Å²) in [6.07, 6.45) is 15.9. The van der Waals surface area contributed by atoms with Crippen molar-refractivity contribution in [3.05, 3.63) is 76.3 Å². The second kappa shape index (κ2) is 10.8. The topological polar surface area (TPSA) is 59.8 Å². The summed E-state index contributed by atoms with van der Waals surface area (Å²) in [5, 5.41) is 8.96. The highest BCUT2D eigenvalue weighted by Crippen LogP contribution is 2.35. The van der Waals surface area contributed by atoms with E-state index < -0.39 is 0 Å². The van der Waals surface area contributed by atoms with Crippen LogP contribution in [0.25, 0.3) is 17.3 Å². The number of nitrogens with one attached hydrogen (secondary N) is 1. The van der Waals surface area contributed by atoms with E-state index in [-0.39, 0.29) is 11.9 Å². The molecule has 0 unspecified atom stereocenters. The van der Waals surface area contributed by atoms with Gasteiger partial charge in [-0.25, -0.2) is 4.68 Å². The highest BCUT2D eigenvalue weighted by Gasteiger charge is 2.29. The Kier molecular flexibility index (Phi) is 7.33. The molecule has 182 valence electrons. The molecule has 0 saturated heterocycles. The molecule has 0 spiro atoms. The number of allylic oxidation sites excluding steroid dienone is 1. The molecule has 1 saturated carbocycles. The molecule has 2 aliphatic rings. The minimum atomic E-state index is -0.0557. The van der Waals surface area contributed by atoms with E-state index in [1.54, 1.807) is 12.4 Å². The van der Waals surface area contributed by atoms with Crippen LogP contribution in [0.3, 0.4) is 0 Å². The van der Waals surface area contributed by atoms with Crippen LogP contribution in [0.1, 0.15) is 85.6 Å². The Hall–Kier alpha value is -2.92. The molecule has 1 N–H and O–H groups in total. The number of rotatable bonds is 5. The van der Waals surface area contributed by atoms with Crippen LogP contribution in [0.2, 0.25) is 5.02 Å². The van der Waals surface area contributed by atoms with Gasteiger partial charge in [0.2, 0.25) is 0 Å². The molecule has 1 fully saturated rings. The molecule has 0 bridgehead atoms. The summed E-state index contributed by atoms with van der Waals surface area (Å²) in [7, 11) is 0. The van der Waals surface area contributed by atoms with Crippen LogP contribution in [0.15, 0.2) is 48.8 Å². The molecular weight excluding hydrogens is 456 g/mol. The van der Waals surface area contributed by atoms with E-state index in [1.807, 2.05) is 41.1 Å². The van der Waals surface area contributed by atoms with Gasteiger partial charge in [0.1, 0.15) is 0 Å². The second-order valence-electron chi connectivity index (χ2n) is 9.88. The van der Waals surface area contributed by atoms with Crippen molar-refractivity contribution in [2.75, 3.05) is 0 Å². The van der Waals surface area contributed by atoms with E-state index in [0.717, 1.165) is 53.2 Å². The van der Waals surface area contributed by atoms with Gasteiger partial charge in [0, 0.05) is 29.0 Å². The van der Waals surface area contributed by atoms with E-state index in [0.29, 0.717) is 11.6 Å². The van der Waals surface area contributed by atoms with E-state index in [9.17, 15) is 4.79 Å². The van der Waals surface area contributed by atoms with E-state index in [2.05, 4.69) is 23.3 Å². The fourth-order valence-corrected chi connectivity index (χ4v) is 5.66. The van der Waals surface area contributed by atoms with Gasteiger partial charge in [-0.2, -0.15) is 5.10 Å². The average Bonchev–Trinajstić information content (AvgIpc) is 3.16. The smallest absolute Gasteiger partial charge is 0.272 e. The second-order valence-corrected chi connectivity index (χ2v) is 10.3. The Morgan fingerprint density at radius 2 is 1.74 bits per heavy atom. The maximum atomic E-state index is 13.6. The van der Waals surface area contributed by atoms with Crippen LogP contribution in [-0.4, -0.2) is 26.7 Å². The van der Waals surface area contributed by atoms with Crippen LogP contribution >= 0.6 is 11.6 Å². The third kappa shape index (κ3) is 5.35. The van der Waals surface area contributed by atoms with Crippen LogP contribution in [0.5, 0.6) is 0 Å². The molecule has 3 aromatic rings. The van der Waals surface area contributed by atoms with Crippen molar-refractivity contribution in [3.8, 4) is 5.69 Å². The Bertz CT molecular complexity index is 1190. The number of carbonyl (C=O) groups excluding carboxylic acids is 1. The predicted molar refractivity (Wildman–Crippen MR) is 142 cm³/mol. The Labute approximate surface area is 212 Å². The highest BCUT2D eigenvalue weighted by molar-refractivity contribution is 6.30. The normalized spacial score (nSPS) is 18.6. The molecule has 35 heavy (non-hydrogen) atoms.